The highest BCUT2D eigenvalue weighted by Gasteiger charge is 2.29. The molecule has 2 unspecified atom stereocenters. The molecule has 0 bridgehead atoms. The van der Waals surface area contributed by atoms with E-state index < -0.39 is 0 Å². The molecule has 1 aliphatic heterocycles. The van der Waals surface area contributed by atoms with Crippen molar-refractivity contribution in [2.45, 2.75) is 45.8 Å². The lowest BCUT2D eigenvalue weighted by Crippen LogP contribution is -2.50. The molecule has 1 saturated heterocycles. The van der Waals surface area contributed by atoms with Crippen molar-refractivity contribution in [3.63, 3.8) is 0 Å². The number of hydrogen-bond donors (Lipinski definition) is 1. The first kappa shape index (κ1) is 12.9. The first-order valence-corrected chi connectivity index (χ1v) is 6.26. The highest BCUT2D eigenvalue weighted by Crippen LogP contribution is 2.19. The number of hydrogen-bond acceptors (Lipinski definition) is 3. The average molecular weight is 215 g/mol. The first-order chi connectivity index (χ1) is 7.33. The fourth-order valence-electron chi connectivity index (χ4n) is 2.35. The molecule has 1 rings (SSSR count). The summed E-state index contributed by atoms with van der Waals surface area (Å²) in [6.45, 7) is 9.89. The molecule has 0 amide bonds. The van der Waals surface area contributed by atoms with Gasteiger partial charge < -0.3 is 14.8 Å². The minimum Gasteiger partial charge on any atom is -0.376 e. The van der Waals surface area contributed by atoms with Crippen molar-refractivity contribution in [2.24, 2.45) is 5.92 Å². The van der Waals surface area contributed by atoms with Gasteiger partial charge in [-0.15, -0.1) is 0 Å². The predicted molar refractivity (Wildman–Crippen MR) is 62.1 cm³/mol. The Morgan fingerprint density at radius 3 is 2.40 bits per heavy atom. The molecule has 0 aromatic carbocycles. The molecule has 3 nitrogen and oxygen atoms in total. The van der Waals surface area contributed by atoms with Crippen LogP contribution in [0.2, 0.25) is 0 Å². The highest BCUT2D eigenvalue weighted by atomic mass is 16.6. The Hall–Kier alpha value is -0.120. The lowest BCUT2D eigenvalue weighted by molar-refractivity contribution is -0.109. The lowest BCUT2D eigenvalue weighted by atomic mass is 9.90. The van der Waals surface area contributed by atoms with Gasteiger partial charge in [-0.3, -0.25) is 0 Å². The van der Waals surface area contributed by atoms with Crippen LogP contribution in [0.25, 0.3) is 0 Å². The van der Waals surface area contributed by atoms with Gasteiger partial charge in [-0.25, -0.2) is 0 Å². The Balaban J connectivity index is 2.53. The number of nitrogens with one attached hydrogen (secondary N) is 1. The summed E-state index contributed by atoms with van der Waals surface area (Å²) >= 11 is 0. The average Bonchev–Trinajstić information content (AvgIpc) is 2.30. The Kier molecular flexibility index (Phi) is 6.22. The van der Waals surface area contributed by atoms with Crippen LogP contribution >= 0.6 is 0 Å². The van der Waals surface area contributed by atoms with Gasteiger partial charge in [0.1, 0.15) is 0 Å². The molecule has 90 valence electrons. The molecule has 0 aromatic heterocycles. The van der Waals surface area contributed by atoms with Crippen LogP contribution in [0.4, 0.5) is 0 Å². The van der Waals surface area contributed by atoms with E-state index in [0.717, 1.165) is 26.4 Å². The molecule has 15 heavy (non-hydrogen) atoms. The molecule has 1 aliphatic rings. The topological polar surface area (TPSA) is 30.5 Å². The van der Waals surface area contributed by atoms with Crippen LogP contribution in [0, 0.1) is 5.92 Å². The maximum absolute atomic E-state index is 5.79. The Morgan fingerprint density at radius 2 is 1.93 bits per heavy atom. The molecule has 0 saturated carbocycles. The van der Waals surface area contributed by atoms with Crippen molar-refractivity contribution >= 4 is 0 Å². The van der Waals surface area contributed by atoms with E-state index >= 15 is 0 Å². The summed E-state index contributed by atoms with van der Waals surface area (Å²) in [5.41, 5.74) is 0. The van der Waals surface area contributed by atoms with E-state index in [1.54, 1.807) is 0 Å². The van der Waals surface area contributed by atoms with Crippen LogP contribution in [0.15, 0.2) is 0 Å². The third-order valence-corrected chi connectivity index (χ3v) is 3.24. The number of likely N-dealkylation sites (N-methyl/N-ethyl adjacent to an activating group) is 1. The van der Waals surface area contributed by atoms with Gasteiger partial charge in [0.15, 0.2) is 0 Å². The second-order valence-corrected chi connectivity index (χ2v) is 4.14. The van der Waals surface area contributed by atoms with Gasteiger partial charge in [0, 0.05) is 6.04 Å². The van der Waals surface area contributed by atoms with E-state index in [2.05, 4.69) is 26.1 Å². The molecule has 2 atom stereocenters. The zero-order valence-corrected chi connectivity index (χ0v) is 10.3. The molecule has 0 spiro atoms. The van der Waals surface area contributed by atoms with E-state index in [1.165, 1.54) is 12.8 Å². The van der Waals surface area contributed by atoms with E-state index in [0.29, 0.717) is 12.0 Å². The monoisotopic (exact) mass is 215 g/mol. The standard InChI is InChI=1S/C12H25NO2/c1-4-10(5-2)12(13-6-3)11-9-14-7-8-15-11/h10-13H,4-9H2,1-3H3. The fraction of sp³-hybridized carbons (Fsp3) is 1.00. The molecular weight excluding hydrogens is 190 g/mol. The normalized spacial score (nSPS) is 24.4. The minimum atomic E-state index is 0.239. The first-order valence-electron chi connectivity index (χ1n) is 6.26. The maximum atomic E-state index is 5.79. The van der Waals surface area contributed by atoms with Crippen LogP contribution in [-0.2, 0) is 9.47 Å². The Morgan fingerprint density at radius 1 is 1.20 bits per heavy atom. The second-order valence-electron chi connectivity index (χ2n) is 4.14. The lowest BCUT2D eigenvalue weighted by Gasteiger charge is -2.35. The number of ether oxygens (including phenoxy) is 2. The van der Waals surface area contributed by atoms with Crippen molar-refractivity contribution in [3.8, 4) is 0 Å². The van der Waals surface area contributed by atoms with Gasteiger partial charge in [0.2, 0.25) is 0 Å². The predicted octanol–water partition coefficient (Wildman–Crippen LogP) is 1.82. The molecule has 1 heterocycles. The highest BCUT2D eigenvalue weighted by molar-refractivity contribution is 4.83. The summed E-state index contributed by atoms with van der Waals surface area (Å²) in [7, 11) is 0. The van der Waals surface area contributed by atoms with Crippen molar-refractivity contribution < 1.29 is 9.47 Å². The third-order valence-electron chi connectivity index (χ3n) is 3.24. The van der Waals surface area contributed by atoms with Crippen molar-refractivity contribution in [3.05, 3.63) is 0 Å². The summed E-state index contributed by atoms with van der Waals surface area (Å²) in [6.07, 6.45) is 2.64. The zero-order chi connectivity index (χ0) is 11.1. The van der Waals surface area contributed by atoms with Crippen LogP contribution in [-0.4, -0.2) is 38.5 Å². The van der Waals surface area contributed by atoms with Gasteiger partial charge in [0.25, 0.3) is 0 Å². The largest absolute Gasteiger partial charge is 0.376 e. The Bertz CT molecular complexity index is 154. The summed E-state index contributed by atoms with van der Waals surface area (Å²) in [4.78, 5) is 0. The van der Waals surface area contributed by atoms with E-state index in [1.807, 2.05) is 0 Å². The summed E-state index contributed by atoms with van der Waals surface area (Å²) in [6, 6.07) is 0.449. The van der Waals surface area contributed by atoms with E-state index in [4.69, 9.17) is 9.47 Å². The van der Waals surface area contributed by atoms with Gasteiger partial charge in [-0.1, -0.05) is 33.6 Å². The van der Waals surface area contributed by atoms with Crippen LogP contribution in [0.3, 0.4) is 0 Å². The van der Waals surface area contributed by atoms with Gasteiger partial charge >= 0.3 is 0 Å². The van der Waals surface area contributed by atoms with Crippen molar-refractivity contribution in [2.75, 3.05) is 26.4 Å². The summed E-state index contributed by atoms with van der Waals surface area (Å²) < 4.78 is 11.3. The molecule has 1 N–H and O–H groups in total. The molecular formula is C12H25NO2. The van der Waals surface area contributed by atoms with Gasteiger partial charge in [-0.05, 0) is 12.5 Å². The zero-order valence-electron chi connectivity index (χ0n) is 10.3. The summed E-state index contributed by atoms with van der Waals surface area (Å²) in [5, 5.41) is 3.55. The molecule has 3 heteroatoms. The van der Waals surface area contributed by atoms with Crippen LogP contribution < -0.4 is 5.32 Å². The molecule has 0 aliphatic carbocycles. The van der Waals surface area contributed by atoms with Gasteiger partial charge in [-0.2, -0.15) is 0 Å². The van der Waals surface area contributed by atoms with Crippen LogP contribution in [0.1, 0.15) is 33.6 Å². The van der Waals surface area contributed by atoms with E-state index in [9.17, 15) is 0 Å². The van der Waals surface area contributed by atoms with E-state index in [-0.39, 0.29) is 6.10 Å². The molecule has 0 aromatic rings. The SMILES string of the molecule is CCNC(C(CC)CC)C1COCCO1. The molecule has 0 radical (unpaired) electrons. The quantitative estimate of drug-likeness (QED) is 0.733. The minimum absolute atomic E-state index is 0.239. The third kappa shape index (κ3) is 3.74. The van der Waals surface area contributed by atoms with Crippen molar-refractivity contribution in [1.82, 2.24) is 5.32 Å². The fourth-order valence-corrected chi connectivity index (χ4v) is 2.35. The maximum Gasteiger partial charge on any atom is 0.0964 e. The number of rotatable bonds is 6. The van der Waals surface area contributed by atoms with Gasteiger partial charge in [0.05, 0.1) is 25.9 Å². The second kappa shape index (κ2) is 7.20. The van der Waals surface area contributed by atoms with Crippen LogP contribution in [0.5, 0.6) is 0 Å². The Labute approximate surface area is 93.5 Å². The summed E-state index contributed by atoms with van der Waals surface area (Å²) in [5.74, 6) is 0.691. The smallest absolute Gasteiger partial charge is 0.0964 e. The van der Waals surface area contributed by atoms with Crippen molar-refractivity contribution in [1.29, 1.82) is 0 Å². The molecule has 1 fully saturated rings.